The van der Waals surface area contributed by atoms with Gasteiger partial charge >= 0.3 is 0 Å². The summed E-state index contributed by atoms with van der Waals surface area (Å²) in [5.41, 5.74) is 3.39. The standard InChI is InChI=1S/C22H18ClFN4OS/c1-13-18(20(23)28(27-13)12-15-6-4-3-5-7-15)21(29)26-22-25-19(14(2)30-22)16-8-10-17(24)11-9-16/h3-11H,12H2,1-2H3,(H,25,26,29). The topological polar surface area (TPSA) is 59.8 Å². The van der Waals surface area contributed by atoms with Crippen molar-refractivity contribution in [2.24, 2.45) is 0 Å². The van der Waals surface area contributed by atoms with Crippen LogP contribution in [0.4, 0.5) is 9.52 Å². The van der Waals surface area contributed by atoms with Gasteiger partial charge in [-0.25, -0.2) is 14.1 Å². The van der Waals surface area contributed by atoms with E-state index in [1.54, 1.807) is 23.7 Å². The van der Waals surface area contributed by atoms with Crippen molar-refractivity contribution in [3.63, 3.8) is 0 Å². The molecule has 0 spiro atoms. The van der Waals surface area contributed by atoms with E-state index in [4.69, 9.17) is 11.6 Å². The first-order chi connectivity index (χ1) is 14.4. The van der Waals surface area contributed by atoms with Gasteiger partial charge in [-0.15, -0.1) is 11.3 Å². The van der Waals surface area contributed by atoms with Crippen LogP contribution in [0.3, 0.4) is 0 Å². The number of carbonyl (C=O) groups excluding carboxylic acids is 1. The van der Waals surface area contributed by atoms with E-state index in [1.165, 1.54) is 23.5 Å². The van der Waals surface area contributed by atoms with Crippen molar-refractivity contribution in [1.29, 1.82) is 0 Å². The van der Waals surface area contributed by atoms with Crippen molar-refractivity contribution in [3.05, 3.63) is 87.3 Å². The monoisotopic (exact) mass is 440 g/mol. The number of hydrogen-bond donors (Lipinski definition) is 1. The number of amides is 1. The van der Waals surface area contributed by atoms with E-state index in [9.17, 15) is 9.18 Å². The van der Waals surface area contributed by atoms with Crippen LogP contribution >= 0.6 is 22.9 Å². The average molecular weight is 441 g/mol. The Morgan fingerprint density at radius 1 is 1.13 bits per heavy atom. The predicted molar refractivity (Wildman–Crippen MR) is 118 cm³/mol. The van der Waals surface area contributed by atoms with Crippen molar-refractivity contribution in [2.45, 2.75) is 20.4 Å². The summed E-state index contributed by atoms with van der Waals surface area (Å²) < 4.78 is 14.8. The van der Waals surface area contributed by atoms with Gasteiger partial charge in [0.05, 0.1) is 23.5 Å². The molecule has 0 aliphatic heterocycles. The summed E-state index contributed by atoms with van der Waals surface area (Å²) in [7, 11) is 0. The maximum Gasteiger partial charge on any atom is 0.262 e. The number of anilines is 1. The van der Waals surface area contributed by atoms with E-state index < -0.39 is 0 Å². The molecule has 1 amide bonds. The van der Waals surface area contributed by atoms with Crippen molar-refractivity contribution in [3.8, 4) is 11.3 Å². The van der Waals surface area contributed by atoms with Crippen LogP contribution in [0.25, 0.3) is 11.3 Å². The van der Waals surface area contributed by atoms with Gasteiger partial charge in [-0.1, -0.05) is 41.9 Å². The van der Waals surface area contributed by atoms with Gasteiger partial charge in [0.1, 0.15) is 11.0 Å². The van der Waals surface area contributed by atoms with E-state index in [1.807, 2.05) is 37.3 Å². The smallest absolute Gasteiger partial charge is 0.262 e. The molecule has 0 fully saturated rings. The van der Waals surface area contributed by atoms with Gasteiger partial charge in [-0.05, 0) is 43.7 Å². The van der Waals surface area contributed by atoms with E-state index in [0.717, 1.165) is 16.0 Å². The van der Waals surface area contributed by atoms with Crippen molar-refractivity contribution >= 4 is 34.0 Å². The number of hydrogen-bond acceptors (Lipinski definition) is 4. The molecule has 152 valence electrons. The van der Waals surface area contributed by atoms with Crippen molar-refractivity contribution in [1.82, 2.24) is 14.8 Å². The Hall–Kier alpha value is -3.03. The molecule has 0 bridgehead atoms. The van der Waals surface area contributed by atoms with Gasteiger partial charge in [0, 0.05) is 10.4 Å². The summed E-state index contributed by atoms with van der Waals surface area (Å²) in [6.45, 7) is 4.13. The average Bonchev–Trinajstić information content (AvgIpc) is 3.21. The van der Waals surface area contributed by atoms with Crippen LogP contribution in [0.5, 0.6) is 0 Å². The summed E-state index contributed by atoms with van der Waals surface area (Å²) in [6.07, 6.45) is 0. The molecule has 0 atom stereocenters. The Morgan fingerprint density at radius 2 is 1.83 bits per heavy atom. The molecule has 0 saturated heterocycles. The van der Waals surface area contributed by atoms with Crippen LogP contribution < -0.4 is 5.32 Å². The minimum absolute atomic E-state index is 0.279. The summed E-state index contributed by atoms with van der Waals surface area (Å²) in [4.78, 5) is 18.3. The molecule has 2 aromatic carbocycles. The SMILES string of the molecule is Cc1nn(Cc2ccccc2)c(Cl)c1C(=O)Nc1nc(-c2ccc(F)cc2)c(C)s1. The van der Waals surface area contributed by atoms with Crippen LogP contribution in [-0.2, 0) is 6.54 Å². The number of nitrogens with zero attached hydrogens (tertiary/aromatic N) is 3. The zero-order valence-electron chi connectivity index (χ0n) is 16.3. The molecule has 0 unspecified atom stereocenters. The molecule has 2 aromatic heterocycles. The largest absolute Gasteiger partial charge is 0.298 e. The van der Waals surface area contributed by atoms with E-state index in [-0.39, 0.29) is 16.9 Å². The normalized spacial score (nSPS) is 10.9. The van der Waals surface area contributed by atoms with Gasteiger partial charge in [0.25, 0.3) is 5.91 Å². The summed E-state index contributed by atoms with van der Waals surface area (Å²) >= 11 is 7.83. The van der Waals surface area contributed by atoms with Gasteiger partial charge in [0.2, 0.25) is 0 Å². The van der Waals surface area contributed by atoms with Gasteiger partial charge < -0.3 is 0 Å². The predicted octanol–water partition coefficient (Wildman–Crippen LogP) is 5.72. The molecule has 0 radical (unpaired) electrons. The molecule has 0 aliphatic carbocycles. The van der Waals surface area contributed by atoms with Crippen LogP contribution in [0.2, 0.25) is 5.15 Å². The molecule has 0 saturated carbocycles. The quantitative estimate of drug-likeness (QED) is 0.432. The van der Waals surface area contributed by atoms with Crippen LogP contribution in [0.1, 0.15) is 26.5 Å². The lowest BCUT2D eigenvalue weighted by Crippen LogP contribution is -2.13. The van der Waals surface area contributed by atoms with Crippen LogP contribution in [0.15, 0.2) is 54.6 Å². The first-order valence-corrected chi connectivity index (χ1v) is 10.4. The number of aryl methyl sites for hydroxylation is 2. The molecule has 0 aliphatic rings. The van der Waals surface area contributed by atoms with Gasteiger partial charge in [-0.3, -0.25) is 10.1 Å². The summed E-state index contributed by atoms with van der Waals surface area (Å²) in [5, 5.41) is 7.96. The Morgan fingerprint density at radius 3 is 2.53 bits per heavy atom. The molecule has 2 heterocycles. The first-order valence-electron chi connectivity index (χ1n) is 9.24. The number of thiazole rings is 1. The van der Waals surface area contributed by atoms with Gasteiger partial charge in [0.15, 0.2) is 5.13 Å². The highest BCUT2D eigenvalue weighted by Crippen LogP contribution is 2.31. The molecule has 1 N–H and O–H groups in total. The van der Waals surface area contributed by atoms with Gasteiger partial charge in [-0.2, -0.15) is 5.10 Å². The summed E-state index contributed by atoms with van der Waals surface area (Å²) in [6, 6.07) is 15.9. The first kappa shape index (κ1) is 20.3. The zero-order valence-corrected chi connectivity index (χ0v) is 17.9. The Kier molecular flexibility index (Phi) is 5.65. The third-order valence-corrected chi connectivity index (χ3v) is 5.87. The minimum atomic E-state index is -0.365. The highest BCUT2D eigenvalue weighted by Gasteiger charge is 2.22. The van der Waals surface area contributed by atoms with Crippen LogP contribution in [0, 0.1) is 19.7 Å². The highest BCUT2D eigenvalue weighted by atomic mass is 35.5. The Balaban J connectivity index is 1.56. The lowest BCUT2D eigenvalue weighted by molar-refractivity contribution is 0.102. The molecule has 4 rings (SSSR count). The zero-order chi connectivity index (χ0) is 21.3. The molecular weight excluding hydrogens is 423 g/mol. The lowest BCUT2D eigenvalue weighted by Gasteiger charge is -2.04. The maximum absolute atomic E-state index is 13.2. The molecule has 4 aromatic rings. The highest BCUT2D eigenvalue weighted by molar-refractivity contribution is 7.16. The lowest BCUT2D eigenvalue weighted by atomic mass is 10.1. The van der Waals surface area contributed by atoms with E-state index in [2.05, 4.69) is 15.4 Å². The maximum atomic E-state index is 13.2. The summed E-state index contributed by atoms with van der Waals surface area (Å²) in [5.74, 6) is -0.672. The fraction of sp³-hybridized carbons (Fsp3) is 0.136. The molecular formula is C22H18ClFN4OS. The molecule has 5 nitrogen and oxygen atoms in total. The number of rotatable bonds is 5. The Bertz CT molecular complexity index is 1200. The number of nitrogens with one attached hydrogen (secondary N) is 1. The third kappa shape index (κ3) is 4.13. The number of benzene rings is 2. The second-order valence-electron chi connectivity index (χ2n) is 6.78. The number of carbonyl (C=O) groups is 1. The fourth-order valence-electron chi connectivity index (χ4n) is 3.16. The van der Waals surface area contributed by atoms with Crippen molar-refractivity contribution < 1.29 is 9.18 Å². The second kappa shape index (κ2) is 8.38. The Labute approximate surface area is 182 Å². The van der Waals surface area contributed by atoms with Crippen molar-refractivity contribution in [2.75, 3.05) is 5.32 Å². The third-order valence-electron chi connectivity index (χ3n) is 4.60. The fourth-order valence-corrected chi connectivity index (χ4v) is 4.31. The minimum Gasteiger partial charge on any atom is -0.298 e. The molecule has 8 heteroatoms. The molecule has 30 heavy (non-hydrogen) atoms. The second-order valence-corrected chi connectivity index (χ2v) is 8.34. The van der Waals surface area contributed by atoms with E-state index in [0.29, 0.717) is 28.6 Å². The number of halogens is 2. The van der Waals surface area contributed by atoms with Crippen LogP contribution in [-0.4, -0.2) is 20.7 Å². The van der Waals surface area contributed by atoms with E-state index >= 15 is 0 Å². The number of aromatic nitrogens is 3.